The highest BCUT2D eigenvalue weighted by molar-refractivity contribution is 9.10. The molecular weight excluding hydrogens is 320 g/mol. The average molecular weight is 341 g/mol. The third-order valence-electron chi connectivity index (χ3n) is 4.01. The third-order valence-corrected chi connectivity index (χ3v) is 4.75. The van der Waals surface area contributed by atoms with Gasteiger partial charge in [-0.2, -0.15) is 0 Å². The van der Waals surface area contributed by atoms with Crippen LogP contribution < -0.4 is 5.32 Å². The van der Waals surface area contributed by atoms with Gasteiger partial charge in [-0.15, -0.1) is 0 Å². The first kappa shape index (κ1) is 15.4. The molecule has 5 heteroatoms. The fraction of sp³-hybridized carbons (Fsp3) is 0.600. The van der Waals surface area contributed by atoms with Crippen molar-refractivity contribution in [2.75, 3.05) is 0 Å². The lowest BCUT2D eigenvalue weighted by atomic mass is 9.80. The summed E-state index contributed by atoms with van der Waals surface area (Å²) in [6, 6.07) is 5.51. The lowest BCUT2D eigenvalue weighted by Crippen LogP contribution is -2.35. The van der Waals surface area contributed by atoms with E-state index in [1.807, 2.05) is 6.07 Å². The lowest BCUT2D eigenvalue weighted by Gasteiger charge is -2.32. The largest absolute Gasteiger partial charge is 0.310 e. The second-order valence-electron chi connectivity index (χ2n) is 6.03. The molecule has 1 N–H and O–H groups in total. The third kappa shape index (κ3) is 4.03. The Bertz CT molecular complexity index is 483. The lowest BCUT2D eigenvalue weighted by molar-refractivity contribution is -0.384. The van der Waals surface area contributed by atoms with E-state index in [0.29, 0.717) is 6.04 Å². The van der Waals surface area contributed by atoms with E-state index in [0.717, 1.165) is 28.4 Å². The Morgan fingerprint density at radius 3 is 2.50 bits per heavy atom. The molecule has 0 radical (unpaired) electrons. The highest BCUT2D eigenvalue weighted by atomic mass is 79.9. The number of nitrogens with one attached hydrogen (secondary N) is 1. The van der Waals surface area contributed by atoms with Gasteiger partial charge in [0.2, 0.25) is 0 Å². The second-order valence-corrected chi connectivity index (χ2v) is 6.88. The van der Waals surface area contributed by atoms with E-state index in [-0.39, 0.29) is 10.6 Å². The van der Waals surface area contributed by atoms with Crippen molar-refractivity contribution in [2.45, 2.75) is 45.7 Å². The van der Waals surface area contributed by atoms with Crippen molar-refractivity contribution in [3.63, 3.8) is 0 Å². The number of hydrogen-bond acceptors (Lipinski definition) is 3. The van der Waals surface area contributed by atoms with Gasteiger partial charge in [0, 0.05) is 29.2 Å². The minimum Gasteiger partial charge on any atom is -0.310 e. The van der Waals surface area contributed by atoms with Gasteiger partial charge >= 0.3 is 0 Å². The van der Waals surface area contributed by atoms with Gasteiger partial charge in [-0.1, -0.05) is 29.8 Å². The first-order chi connectivity index (χ1) is 9.45. The molecule has 0 saturated heterocycles. The van der Waals surface area contributed by atoms with Gasteiger partial charge in [0.1, 0.15) is 0 Å². The van der Waals surface area contributed by atoms with Crippen molar-refractivity contribution < 1.29 is 4.92 Å². The molecule has 4 nitrogen and oxygen atoms in total. The van der Waals surface area contributed by atoms with E-state index in [1.165, 1.54) is 19.3 Å². The van der Waals surface area contributed by atoms with Gasteiger partial charge < -0.3 is 5.32 Å². The Morgan fingerprint density at radius 2 is 1.95 bits per heavy atom. The number of halogens is 1. The SMILES string of the molecule is CC1CC(C)CC(NCc2ccc([N+](=O)[O-])cc2Br)C1. The molecule has 1 fully saturated rings. The van der Waals surface area contributed by atoms with Crippen LogP contribution in [0.25, 0.3) is 0 Å². The van der Waals surface area contributed by atoms with Gasteiger partial charge in [0.15, 0.2) is 0 Å². The standard InChI is InChI=1S/C15H21BrN2O2/c1-10-5-11(2)7-13(6-10)17-9-12-3-4-14(18(19)20)8-15(12)16/h3-4,8,10-11,13,17H,5-7,9H2,1-2H3. The molecule has 2 rings (SSSR count). The van der Waals surface area contributed by atoms with E-state index in [9.17, 15) is 10.1 Å². The maximum absolute atomic E-state index is 10.7. The van der Waals surface area contributed by atoms with Crippen LogP contribution in [0.2, 0.25) is 0 Å². The summed E-state index contributed by atoms with van der Waals surface area (Å²) >= 11 is 3.42. The van der Waals surface area contributed by atoms with Crippen LogP contribution in [0.5, 0.6) is 0 Å². The zero-order valence-electron chi connectivity index (χ0n) is 11.9. The predicted octanol–water partition coefficient (Wildman–Crippen LogP) is 4.27. The molecule has 1 aromatic rings. The zero-order valence-corrected chi connectivity index (χ0v) is 13.5. The first-order valence-electron chi connectivity index (χ1n) is 7.12. The molecule has 1 aliphatic rings. The molecule has 0 aromatic heterocycles. The smallest absolute Gasteiger partial charge is 0.270 e. The molecule has 0 bridgehead atoms. The minimum absolute atomic E-state index is 0.125. The molecule has 2 atom stereocenters. The summed E-state index contributed by atoms with van der Waals surface area (Å²) in [5.41, 5.74) is 1.20. The van der Waals surface area contributed by atoms with Crippen molar-refractivity contribution in [3.05, 3.63) is 38.3 Å². The zero-order chi connectivity index (χ0) is 14.7. The van der Waals surface area contributed by atoms with Gasteiger partial charge in [0.25, 0.3) is 5.69 Å². The molecule has 0 aliphatic heterocycles. The molecule has 0 spiro atoms. The van der Waals surface area contributed by atoms with Crippen LogP contribution in [-0.2, 0) is 6.54 Å². The maximum Gasteiger partial charge on any atom is 0.270 e. The summed E-state index contributed by atoms with van der Waals surface area (Å²) in [5.74, 6) is 1.55. The maximum atomic E-state index is 10.7. The highest BCUT2D eigenvalue weighted by Crippen LogP contribution is 2.29. The predicted molar refractivity (Wildman–Crippen MR) is 83.6 cm³/mol. The molecule has 20 heavy (non-hydrogen) atoms. The number of rotatable bonds is 4. The monoisotopic (exact) mass is 340 g/mol. The molecule has 0 heterocycles. The van der Waals surface area contributed by atoms with Crippen LogP contribution in [0.1, 0.15) is 38.7 Å². The normalized spacial score (nSPS) is 26.4. The fourth-order valence-corrected chi connectivity index (χ4v) is 3.67. The molecule has 0 amide bonds. The molecule has 110 valence electrons. The van der Waals surface area contributed by atoms with Gasteiger partial charge in [-0.25, -0.2) is 0 Å². The quantitative estimate of drug-likeness (QED) is 0.657. The second kappa shape index (κ2) is 6.68. The number of non-ortho nitro benzene ring substituents is 1. The van der Waals surface area contributed by atoms with E-state index >= 15 is 0 Å². The van der Waals surface area contributed by atoms with E-state index in [4.69, 9.17) is 0 Å². The van der Waals surface area contributed by atoms with Gasteiger partial charge in [-0.05, 0) is 42.7 Å². The topological polar surface area (TPSA) is 55.2 Å². The van der Waals surface area contributed by atoms with E-state index in [2.05, 4.69) is 35.1 Å². The Morgan fingerprint density at radius 1 is 1.30 bits per heavy atom. The Kier molecular flexibility index (Phi) is 5.16. The van der Waals surface area contributed by atoms with Crippen LogP contribution in [-0.4, -0.2) is 11.0 Å². The van der Waals surface area contributed by atoms with E-state index < -0.39 is 0 Å². The van der Waals surface area contributed by atoms with Crippen molar-refractivity contribution in [2.24, 2.45) is 11.8 Å². The van der Waals surface area contributed by atoms with Crippen molar-refractivity contribution >= 4 is 21.6 Å². The summed E-state index contributed by atoms with van der Waals surface area (Å²) in [5, 5.41) is 14.3. The summed E-state index contributed by atoms with van der Waals surface area (Å²) < 4.78 is 0.802. The first-order valence-corrected chi connectivity index (χ1v) is 7.91. The molecule has 1 saturated carbocycles. The van der Waals surface area contributed by atoms with Gasteiger partial charge in [0.05, 0.1) is 4.92 Å². The molecule has 1 aromatic carbocycles. The van der Waals surface area contributed by atoms with Crippen LogP contribution in [0, 0.1) is 22.0 Å². The Hall–Kier alpha value is -0.940. The summed E-state index contributed by atoms with van der Waals surface area (Å²) in [7, 11) is 0. The Balaban J connectivity index is 1.95. The molecule has 2 unspecified atom stereocenters. The number of nitro groups is 1. The van der Waals surface area contributed by atoms with Gasteiger partial charge in [-0.3, -0.25) is 10.1 Å². The fourth-order valence-electron chi connectivity index (χ4n) is 3.16. The van der Waals surface area contributed by atoms with E-state index in [1.54, 1.807) is 12.1 Å². The van der Waals surface area contributed by atoms with Crippen molar-refractivity contribution in [1.82, 2.24) is 5.32 Å². The molecular formula is C15H21BrN2O2. The summed E-state index contributed by atoms with van der Waals surface area (Å²) in [4.78, 5) is 10.3. The van der Waals surface area contributed by atoms with Crippen molar-refractivity contribution in [3.8, 4) is 0 Å². The summed E-state index contributed by atoms with van der Waals surface area (Å²) in [6.45, 7) is 5.38. The van der Waals surface area contributed by atoms with Crippen LogP contribution >= 0.6 is 15.9 Å². The van der Waals surface area contributed by atoms with Crippen LogP contribution in [0.4, 0.5) is 5.69 Å². The number of hydrogen-bond donors (Lipinski definition) is 1. The summed E-state index contributed by atoms with van der Waals surface area (Å²) in [6.07, 6.45) is 3.75. The number of nitro benzene ring substituents is 1. The average Bonchev–Trinajstić information content (AvgIpc) is 2.36. The van der Waals surface area contributed by atoms with Crippen LogP contribution in [0.3, 0.4) is 0 Å². The molecule has 1 aliphatic carbocycles. The van der Waals surface area contributed by atoms with Crippen molar-refractivity contribution in [1.29, 1.82) is 0 Å². The highest BCUT2D eigenvalue weighted by Gasteiger charge is 2.23. The number of nitrogens with zero attached hydrogens (tertiary/aromatic N) is 1. The Labute approximate surface area is 128 Å². The number of benzene rings is 1. The van der Waals surface area contributed by atoms with Crippen LogP contribution in [0.15, 0.2) is 22.7 Å². The minimum atomic E-state index is -0.369.